The fraction of sp³-hybridized carbons (Fsp3) is 0.533. The van der Waals surface area contributed by atoms with E-state index in [4.69, 9.17) is 4.74 Å². The van der Waals surface area contributed by atoms with Crippen molar-refractivity contribution in [2.24, 2.45) is 0 Å². The van der Waals surface area contributed by atoms with E-state index < -0.39 is 0 Å². The Bertz CT molecular complexity index is 1200. The largest absolute Gasteiger partial charge is 0.380 e. The normalized spacial score (nSPS) is 19.4. The Morgan fingerprint density at radius 1 is 1.14 bits per heavy atom. The zero-order valence-corrected chi connectivity index (χ0v) is 22.2. The van der Waals surface area contributed by atoms with Crippen LogP contribution in [0.5, 0.6) is 0 Å². The molecule has 2 N–H and O–H groups in total. The maximum Gasteiger partial charge on any atom is 0.236 e. The first-order valence-electron chi connectivity index (χ1n) is 13.6. The van der Waals surface area contributed by atoms with Crippen LogP contribution in [0.25, 0.3) is 22.2 Å². The maximum absolute atomic E-state index is 12.8. The molecule has 0 spiro atoms. The van der Waals surface area contributed by atoms with Crippen LogP contribution < -0.4 is 5.32 Å². The molecular formula is C30H40N4O2. The van der Waals surface area contributed by atoms with E-state index in [1.807, 2.05) is 4.90 Å². The molecule has 1 amide bonds. The van der Waals surface area contributed by atoms with Crippen LogP contribution in [0.1, 0.15) is 73.9 Å². The van der Waals surface area contributed by atoms with Crippen molar-refractivity contribution in [3.63, 3.8) is 0 Å². The van der Waals surface area contributed by atoms with Crippen molar-refractivity contribution in [3.05, 3.63) is 52.8 Å². The average molecular weight is 489 g/mol. The Labute approximate surface area is 214 Å². The maximum atomic E-state index is 12.8. The lowest BCUT2D eigenvalue weighted by Crippen LogP contribution is -2.46. The van der Waals surface area contributed by atoms with Gasteiger partial charge in [-0.05, 0) is 86.8 Å². The second kappa shape index (κ2) is 10.7. The minimum absolute atomic E-state index is 0.217. The number of nitrogens with one attached hydrogen (secondary N) is 2. The zero-order chi connectivity index (χ0) is 25.2. The van der Waals surface area contributed by atoms with Gasteiger partial charge in [0.05, 0.1) is 18.8 Å². The summed E-state index contributed by atoms with van der Waals surface area (Å²) in [7, 11) is 0. The quantitative estimate of drug-likeness (QED) is 0.484. The van der Waals surface area contributed by atoms with E-state index in [-0.39, 0.29) is 5.91 Å². The first-order chi connectivity index (χ1) is 17.4. The van der Waals surface area contributed by atoms with Crippen molar-refractivity contribution in [3.8, 4) is 11.3 Å². The number of amides is 1. The van der Waals surface area contributed by atoms with Crippen molar-refractivity contribution in [2.45, 2.75) is 71.3 Å². The SMILES string of the molecule is Cc1cc(-c2[nH]c3ccc(C4CCN(C(=O)CNC5CCCOC5)CC4)cc3c2C(C)C)cc(C)n1. The molecule has 1 aromatic carbocycles. The van der Waals surface area contributed by atoms with Gasteiger partial charge in [0.15, 0.2) is 0 Å². The molecule has 2 aromatic heterocycles. The molecule has 4 heterocycles. The molecule has 6 heteroatoms. The van der Waals surface area contributed by atoms with Crippen LogP contribution in [0.15, 0.2) is 30.3 Å². The lowest BCUT2D eigenvalue weighted by Gasteiger charge is -2.33. The summed E-state index contributed by atoms with van der Waals surface area (Å²) in [4.78, 5) is 23.1. The van der Waals surface area contributed by atoms with Gasteiger partial charge in [0, 0.05) is 53.6 Å². The van der Waals surface area contributed by atoms with Gasteiger partial charge in [0.2, 0.25) is 5.91 Å². The molecule has 2 fully saturated rings. The molecule has 1 unspecified atom stereocenters. The number of likely N-dealkylation sites (tertiary alicyclic amines) is 1. The van der Waals surface area contributed by atoms with E-state index in [2.05, 4.69) is 73.3 Å². The third-order valence-corrected chi connectivity index (χ3v) is 7.83. The summed E-state index contributed by atoms with van der Waals surface area (Å²) in [5, 5.41) is 4.72. The number of hydrogen-bond donors (Lipinski definition) is 2. The Morgan fingerprint density at radius 3 is 2.56 bits per heavy atom. The van der Waals surface area contributed by atoms with Crippen molar-refractivity contribution in [2.75, 3.05) is 32.8 Å². The lowest BCUT2D eigenvalue weighted by atomic mass is 9.87. The number of nitrogens with zero attached hydrogens (tertiary/aromatic N) is 2. The smallest absolute Gasteiger partial charge is 0.236 e. The molecular weight excluding hydrogens is 448 g/mol. The summed E-state index contributed by atoms with van der Waals surface area (Å²) >= 11 is 0. The number of fused-ring (bicyclic) bond motifs is 1. The van der Waals surface area contributed by atoms with E-state index in [9.17, 15) is 4.79 Å². The van der Waals surface area contributed by atoms with Crippen LogP contribution in [-0.2, 0) is 9.53 Å². The molecule has 0 radical (unpaired) electrons. The van der Waals surface area contributed by atoms with Gasteiger partial charge in [-0.1, -0.05) is 19.9 Å². The average Bonchev–Trinajstić information content (AvgIpc) is 3.27. The number of benzene rings is 1. The van der Waals surface area contributed by atoms with Gasteiger partial charge in [-0.3, -0.25) is 9.78 Å². The standard InChI is InChI=1S/C30H40N4O2/c1-19(2)29-26-16-23(7-8-27(26)33-30(29)24-14-20(3)32-21(4)15-24)22-9-11-34(12-10-22)28(35)17-31-25-6-5-13-36-18-25/h7-8,14-16,19,22,25,31,33H,5-6,9-13,17-18H2,1-4H3. The van der Waals surface area contributed by atoms with Crippen molar-refractivity contribution in [1.29, 1.82) is 0 Å². The molecule has 3 aromatic rings. The summed E-state index contributed by atoms with van der Waals surface area (Å²) in [6.07, 6.45) is 4.20. The summed E-state index contributed by atoms with van der Waals surface area (Å²) < 4.78 is 5.52. The van der Waals surface area contributed by atoms with Crippen LogP contribution in [0, 0.1) is 13.8 Å². The topological polar surface area (TPSA) is 70.2 Å². The number of aromatic amines is 1. The number of aryl methyl sites for hydroxylation is 2. The van der Waals surface area contributed by atoms with E-state index >= 15 is 0 Å². The summed E-state index contributed by atoms with van der Waals surface area (Å²) in [6, 6.07) is 11.6. The molecule has 0 saturated carbocycles. The number of H-pyrrole nitrogens is 1. The number of piperidine rings is 1. The minimum atomic E-state index is 0.217. The Balaban J connectivity index is 1.30. The fourth-order valence-corrected chi connectivity index (χ4v) is 6.00. The van der Waals surface area contributed by atoms with Crippen LogP contribution in [0.2, 0.25) is 0 Å². The monoisotopic (exact) mass is 488 g/mol. The van der Waals surface area contributed by atoms with Gasteiger partial charge < -0.3 is 19.9 Å². The molecule has 1 atom stereocenters. The third kappa shape index (κ3) is 5.35. The molecule has 2 aliphatic heterocycles. The molecule has 0 bridgehead atoms. The number of hydrogen-bond acceptors (Lipinski definition) is 4. The predicted octanol–water partition coefficient (Wildman–Crippen LogP) is 5.44. The third-order valence-electron chi connectivity index (χ3n) is 7.83. The highest BCUT2D eigenvalue weighted by Crippen LogP contribution is 2.38. The summed E-state index contributed by atoms with van der Waals surface area (Å²) in [5.74, 6) is 1.11. The lowest BCUT2D eigenvalue weighted by molar-refractivity contribution is -0.131. The second-order valence-electron chi connectivity index (χ2n) is 11.0. The first kappa shape index (κ1) is 25.0. The molecule has 192 valence electrons. The highest BCUT2D eigenvalue weighted by molar-refractivity contribution is 5.92. The van der Waals surface area contributed by atoms with Crippen molar-refractivity contribution in [1.82, 2.24) is 20.2 Å². The molecule has 6 nitrogen and oxygen atoms in total. The van der Waals surface area contributed by atoms with Crippen LogP contribution >= 0.6 is 0 Å². The van der Waals surface area contributed by atoms with E-state index in [0.717, 1.165) is 63.4 Å². The molecule has 0 aliphatic carbocycles. The predicted molar refractivity (Wildman–Crippen MR) is 145 cm³/mol. The van der Waals surface area contributed by atoms with Crippen molar-refractivity contribution >= 4 is 16.8 Å². The van der Waals surface area contributed by atoms with Gasteiger partial charge in [0.1, 0.15) is 0 Å². The molecule has 2 saturated heterocycles. The van der Waals surface area contributed by atoms with Crippen LogP contribution in [0.3, 0.4) is 0 Å². The van der Waals surface area contributed by atoms with E-state index in [1.54, 1.807) is 0 Å². The van der Waals surface area contributed by atoms with Gasteiger partial charge in [-0.15, -0.1) is 0 Å². The minimum Gasteiger partial charge on any atom is -0.380 e. The van der Waals surface area contributed by atoms with Crippen molar-refractivity contribution < 1.29 is 9.53 Å². The fourth-order valence-electron chi connectivity index (χ4n) is 6.00. The number of ether oxygens (including phenoxy) is 1. The molecule has 36 heavy (non-hydrogen) atoms. The Morgan fingerprint density at radius 2 is 1.89 bits per heavy atom. The van der Waals surface area contributed by atoms with Gasteiger partial charge in [0.25, 0.3) is 0 Å². The van der Waals surface area contributed by atoms with E-state index in [1.165, 1.54) is 33.3 Å². The summed E-state index contributed by atoms with van der Waals surface area (Å²) in [6.45, 7) is 12.3. The first-order valence-corrected chi connectivity index (χ1v) is 13.6. The zero-order valence-electron chi connectivity index (χ0n) is 22.2. The number of pyridine rings is 1. The highest BCUT2D eigenvalue weighted by atomic mass is 16.5. The number of aromatic nitrogens is 2. The molecule has 5 rings (SSSR count). The number of carbonyl (C=O) groups excluding carboxylic acids is 1. The van der Waals surface area contributed by atoms with E-state index in [0.29, 0.717) is 24.4 Å². The van der Waals surface area contributed by atoms with Gasteiger partial charge >= 0.3 is 0 Å². The Kier molecular flexibility index (Phi) is 7.44. The number of rotatable bonds is 6. The highest BCUT2D eigenvalue weighted by Gasteiger charge is 2.26. The van der Waals surface area contributed by atoms with Gasteiger partial charge in [-0.2, -0.15) is 0 Å². The van der Waals surface area contributed by atoms with Crippen LogP contribution in [0.4, 0.5) is 0 Å². The number of carbonyl (C=O) groups is 1. The Hall–Kier alpha value is -2.70. The van der Waals surface area contributed by atoms with Gasteiger partial charge in [-0.25, -0.2) is 0 Å². The summed E-state index contributed by atoms with van der Waals surface area (Å²) in [5.41, 5.74) is 8.47. The second-order valence-corrected chi connectivity index (χ2v) is 11.0. The van der Waals surface area contributed by atoms with Crippen LogP contribution in [-0.4, -0.2) is 59.7 Å². The molecule has 2 aliphatic rings.